The Morgan fingerprint density at radius 3 is 2.63 bits per heavy atom. The van der Waals surface area contributed by atoms with E-state index >= 15 is 0 Å². The van der Waals surface area contributed by atoms with Gasteiger partial charge in [-0.25, -0.2) is 4.98 Å². The lowest BCUT2D eigenvalue weighted by atomic mass is 10.2. The molecular weight excluding hydrogens is 310 g/mol. The van der Waals surface area contributed by atoms with Gasteiger partial charge in [0.05, 0.1) is 11.4 Å². The fourth-order valence-corrected chi connectivity index (χ4v) is 2.23. The molecule has 0 fully saturated rings. The van der Waals surface area contributed by atoms with Crippen molar-refractivity contribution in [3.63, 3.8) is 0 Å². The largest absolute Gasteiger partial charge is 0.350 e. The first kappa shape index (κ1) is 14.2. The summed E-state index contributed by atoms with van der Waals surface area (Å²) in [5.74, 6) is 0. The average Bonchev–Trinajstić information content (AvgIpc) is 2.84. The molecule has 0 aliphatic heterocycles. The van der Waals surface area contributed by atoms with E-state index in [9.17, 15) is 0 Å². The highest BCUT2D eigenvalue weighted by Gasteiger charge is 2.17. The summed E-state index contributed by atoms with van der Waals surface area (Å²) < 4.78 is 13.1. The van der Waals surface area contributed by atoms with E-state index in [2.05, 4.69) is 26.0 Å². The molecule has 0 aliphatic rings. The van der Waals surface area contributed by atoms with E-state index in [1.54, 1.807) is 14.2 Å². The third-order valence-electron chi connectivity index (χ3n) is 2.75. The Kier molecular flexibility index (Phi) is 4.68. The first-order chi connectivity index (χ1) is 9.19. The van der Waals surface area contributed by atoms with Gasteiger partial charge < -0.3 is 9.47 Å². The third-order valence-corrected chi connectivity index (χ3v) is 3.19. The van der Waals surface area contributed by atoms with Crippen LogP contribution in [0.5, 0.6) is 0 Å². The van der Waals surface area contributed by atoms with Gasteiger partial charge in [0, 0.05) is 20.8 Å². The van der Waals surface area contributed by atoms with E-state index in [0.717, 1.165) is 28.2 Å². The second-order valence-corrected chi connectivity index (χ2v) is 4.73. The number of hydrogen-bond acceptors (Lipinski definition) is 4. The van der Waals surface area contributed by atoms with Crippen molar-refractivity contribution in [2.24, 2.45) is 0 Å². The maximum Gasteiger partial charge on any atom is 0.202 e. The average molecular weight is 326 g/mol. The highest BCUT2D eigenvalue weighted by atomic mass is 79.9. The molecule has 0 saturated carbocycles. The Bertz CT molecular complexity index is 553. The summed E-state index contributed by atoms with van der Waals surface area (Å²) in [5, 5.41) is 4.49. The Hall–Kier alpha value is -1.24. The first-order valence-electron chi connectivity index (χ1n) is 5.95. The van der Waals surface area contributed by atoms with Crippen LogP contribution in [0.4, 0.5) is 0 Å². The number of pyridine rings is 1. The smallest absolute Gasteiger partial charge is 0.202 e. The maximum absolute atomic E-state index is 5.23. The predicted molar refractivity (Wildman–Crippen MR) is 75.6 cm³/mol. The normalized spacial score (nSPS) is 11.2. The van der Waals surface area contributed by atoms with Gasteiger partial charge in [-0.05, 0) is 41.1 Å². The maximum atomic E-state index is 5.23. The third kappa shape index (κ3) is 3.02. The number of nitrogens with zero attached hydrogens (tertiary/aromatic N) is 3. The molecule has 6 heteroatoms. The highest BCUT2D eigenvalue weighted by Crippen LogP contribution is 2.24. The molecular formula is C13H16BrN3O2. The van der Waals surface area contributed by atoms with Crippen LogP contribution >= 0.6 is 15.9 Å². The molecule has 0 radical (unpaired) electrons. The summed E-state index contributed by atoms with van der Waals surface area (Å²) in [6.07, 6.45) is -0.460. The van der Waals surface area contributed by atoms with Gasteiger partial charge in [0.2, 0.25) is 6.29 Å². The second-order valence-electron chi connectivity index (χ2n) is 3.92. The van der Waals surface area contributed by atoms with Crippen molar-refractivity contribution < 1.29 is 9.47 Å². The standard InChI is InChI=1S/C13H16BrN3O2/c1-4-17-11(9-6-5-7-12(14)15-9)8-10(16-17)13(18-2)19-3/h5-8,13H,4H2,1-3H3. The zero-order valence-electron chi connectivity index (χ0n) is 11.1. The van der Waals surface area contributed by atoms with Crippen LogP contribution in [-0.4, -0.2) is 29.0 Å². The summed E-state index contributed by atoms with van der Waals surface area (Å²) in [4.78, 5) is 4.45. The van der Waals surface area contributed by atoms with Crippen LogP contribution in [0.2, 0.25) is 0 Å². The molecule has 0 amide bonds. The monoisotopic (exact) mass is 325 g/mol. The highest BCUT2D eigenvalue weighted by molar-refractivity contribution is 9.10. The van der Waals surface area contributed by atoms with Crippen molar-refractivity contribution in [2.75, 3.05) is 14.2 Å². The molecule has 2 rings (SSSR count). The minimum Gasteiger partial charge on any atom is -0.350 e. The molecule has 102 valence electrons. The Morgan fingerprint density at radius 2 is 2.05 bits per heavy atom. The van der Waals surface area contributed by atoms with Gasteiger partial charge in [0.25, 0.3) is 0 Å². The minimum atomic E-state index is -0.460. The van der Waals surface area contributed by atoms with E-state index in [-0.39, 0.29) is 0 Å². The molecule has 0 aromatic carbocycles. The van der Waals surface area contributed by atoms with Crippen molar-refractivity contribution in [1.29, 1.82) is 0 Å². The lowest BCUT2D eigenvalue weighted by Crippen LogP contribution is -2.06. The summed E-state index contributed by atoms with van der Waals surface area (Å²) in [6.45, 7) is 2.79. The van der Waals surface area contributed by atoms with Crippen LogP contribution in [-0.2, 0) is 16.0 Å². The van der Waals surface area contributed by atoms with Gasteiger partial charge >= 0.3 is 0 Å². The number of halogens is 1. The summed E-state index contributed by atoms with van der Waals surface area (Å²) in [7, 11) is 3.19. The molecule has 0 bridgehead atoms. The van der Waals surface area contributed by atoms with Gasteiger partial charge in [-0.3, -0.25) is 4.68 Å². The van der Waals surface area contributed by atoms with E-state index < -0.39 is 6.29 Å². The van der Waals surface area contributed by atoms with E-state index in [1.165, 1.54) is 0 Å². The van der Waals surface area contributed by atoms with E-state index in [4.69, 9.17) is 9.47 Å². The minimum absolute atomic E-state index is 0.460. The lowest BCUT2D eigenvalue weighted by Gasteiger charge is -2.09. The van der Waals surface area contributed by atoms with Crippen LogP contribution in [0.3, 0.4) is 0 Å². The fourth-order valence-electron chi connectivity index (χ4n) is 1.89. The molecule has 5 nitrogen and oxygen atoms in total. The summed E-state index contributed by atoms with van der Waals surface area (Å²) >= 11 is 3.38. The van der Waals surface area contributed by atoms with Crippen molar-refractivity contribution in [1.82, 2.24) is 14.8 Å². The number of methoxy groups -OCH3 is 2. The number of hydrogen-bond donors (Lipinski definition) is 0. The van der Waals surface area contributed by atoms with Crippen LogP contribution in [0.25, 0.3) is 11.4 Å². The number of aromatic nitrogens is 3. The predicted octanol–water partition coefficient (Wildman–Crippen LogP) is 3.02. The van der Waals surface area contributed by atoms with Crippen LogP contribution in [0.1, 0.15) is 18.9 Å². The molecule has 2 aromatic rings. The first-order valence-corrected chi connectivity index (χ1v) is 6.75. The van der Waals surface area contributed by atoms with E-state index in [1.807, 2.05) is 35.9 Å². The summed E-state index contributed by atoms with van der Waals surface area (Å²) in [6, 6.07) is 7.73. The van der Waals surface area contributed by atoms with Gasteiger partial charge in [-0.15, -0.1) is 0 Å². The van der Waals surface area contributed by atoms with Crippen LogP contribution < -0.4 is 0 Å². The van der Waals surface area contributed by atoms with E-state index in [0.29, 0.717) is 0 Å². The van der Waals surface area contributed by atoms with Crippen molar-refractivity contribution >= 4 is 15.9 Å². The molecule has 0 N–H and O–H groups in total. The van der Waals surface area contributed by atoms with Crippen LogP contribution in [0.15, 0.2) is 28.9 Å². The van der Waals surface area contributed by atoms with Gasteiger partial charge in [0.15, 0.2) is 0 Å². The lowest BCUT2D eigenvalue weighted by molar-refractivity contribution is -0.108. The Balaban J connectivity index is 2.45. The molecule has 0 spiro atoms. The zero-order chi connectivity index (χ0) is 13.8. The summed E-state index contributed by atoms with van der Waals surface area (Å²) in [5.41, 5.74) is 2.54. The quantitative estimate of drug-likeness (QED) is 0.626. The molecule has 0 unspecified atom stereocenters. The number of ether oxygens (including phenoxy) is 2. The topological polar surface area (TPSA) is 49.2 Å². The van der Waals surface area contributed by atoms with Crippen molar-refractivity contribution in [2.45, 2.75) is 19.8 Å². The molecule has 0 saturated heterocycles. The van der Waals surface area contributed by atoms with Gasteiger partial charge in [0.1, 0.15) is 10.3 Å². The van der Waals surface area contributed by atoms with Crippen LogP contribution in [0, 0.1) is 0 Å². The molecule has 2 heterocycles. The fraction of sp³-hybridized carbons (Fsp3) is 0.385. The zero-order valence-corrected chi connectivity index (χ0v) is 12.7. The van der Waals surface area contributed by atoms with Crippen molar-refractivity contribution in [3.05, 3.63) is 34.6 Å². The van der Waals surface area contributed by atoms with Crippen molar-refractivity contribution in [3.8, 4) is 11.4 Å². The molecule has 0 atom stereocenters. The molecule has 19 heavy (non-hydrogen) atoms. The van der Waals surface area contributed by atoms with Gasteiger partial charge in [-0.2, -0.15) is 5.10 Å². The number of rotatable bonds is 5. The molecule has 2 aromatic heterocycles. The van der Waals surface area contributed by atoms with Gasteiger partial charge in [-0.1, -0.05) is 6.07 Å². The Morgan fingerprint density at radius 1 is 1.32 bits per heavy atom. The number of aryl methyl sites for hydroxylation is 1. The Labute approximate surface area is 120 Å². The molecule has 0 aliphatic carbocycles. The second kappa shape index (κ2) is 6.27. The SMILES string of the molecule is CCn1nc(C(OC)OC)cc1-c1cccc(Br)n1.